The van der Waals surface area contributed by atoms with Crippen molar-refractivity contribution in [3.8, 4) is 0 Å². The molecule has 2 atom stereocenters. The van der Waals surface area contributed by atoms with Crippen molar-refractivity contribution in [1.82, 2.24) is 0 Å². The minimum Gasteiger partial charge on any atom is -0.374 e. The Bertz CT molecular complexity index is 433. The lowest BCUT2D eigenvalue weighted by Crippen LogP contribution is -2.05. The van der Waals surface area contributed by atoms with Crippen LogP contribution in [0.2, 0.25) is 0 Å². The molecule has 0 saturated carbocycles. The molecule has 0 aliphatic heterocycles. The van der Waals surface area contributed by atoms with Gasteiger partial charge in [-0.2, -0.15) is 0 Å². The summed E-state index contributed by atoms with van der Waals surface area (Å²) in [6.07, 6.45) is 5.72. The van der Waals surface area contributed by atoms with Crippen LogP contribution >= 0.6 is 15.4 Å². The average molecular weight is 338 g/mol. The zero-order chi connectivity index (χ0) is 16.5. The van der Waals surface area contributed by atoms with E-state index in [4.69, 9.17) is 4.74 Å². The maximum Gasteiger partial charge on any atom is 0.336 e. The molecular weight excluding hydrogens is 310 g/mol. The summed E-state index contributed by atoms with van der Waals surface area (Å²) in [4.78, 5) is 18.7. The molecule has 0 spiro atoms. The van der Waals surface area contributed by atoms with Gasteiger partial charge in [0, 0.05) is 6.61 Å². The molecule has 0 rings (SSSR count). The van der Waals surface area contributed by atoms with Crippen molar-refractivity contribution in [2.45, 2.75) is 52.4 Å². The molecule has 2 unspecified atom stereocenters. The van der Waals surface area contributed by atoms with Gasteiger partial charge in [-0.15, -0.1) is 0 Å². The smallest absolute Gasteiger partial charge is 0.336 e. The topological polar surface area (TPSA) is 83.8 Å². The lowest BCUT2D eigenvalue weighted by atomic mass is 10.1. The minimum atomic E-state index is -4.37. The largest absolute Gasteiger partial charge is 0.374 e. The Kier molecular flexibility index (Phi) is 10.4. The Hall–Kier alpha value is -0.180. The van der Waals surface area contributed by atoms with E-state index in [0.717, 1.165) is 18.4 Å². The fraction of sp³-hybridized carbons (Fsp3) is 0.714. The molecule has 0 aromatic rings. The summed E-state index contributed by atoms with van der Waals surface area (Å²) in [6, 6.07) is 0. The molecule has 21 heavy (non-hydrogen) atoms. The Balaban J connectivity index is 4.65. The minimum absolute atomic E-state index is 0.0679. The van der Waals surface area contributed by atoms with Crippen molar-refractivity contribution < 1.29 is 23.7 Å². The van der Waals surface area contributed by atoms with Gasteiger partial charge in [-0.1, -0.05) is 23.3 Å². The maximum atomic E-state index is 12.0. The molecule has 0 fully saturated rings. The third-order valence-electron chi connectivity index (χ3n) is 3.01. The van der Waals surface area contributed by atoms with Crippen LogP contribution in [-0.4, -0.2) is 28.1 Å². The zero-order valence-corrected chi connectivity index (χ0v) is 15.2. The fourth-order valence-corrected chi connectivity index (χ4v) is 4.84. The summed E-state index contributed by atoms with van der Waals surface area (Å²) in [5.74, 6) is 0. The summed E-state index contributed by atoms with van der Waals surface area (Å²) in [7, 11) is -6.84. The molecule has 0 aromatic heterocycles. The first kappa shape index (κ1) is 20.8. The second-order valence-corrected chi connectivity index (χ2v) is 9.52. The molecule has 0 aliphatic carbocycles. The van der Waals surface area contributed by atoms with Crippen LogP contribution in [0.4, 0.5) is 0 Å². The predicted molar refractivity (Wildman–Crippen MR) is 88.4 cm³/mol. The second kappa shape index (κ2) is 10.5. The highest BCUT2D eigenvalue weighted by molar-refractivity contribution is 7.67. The second-order valence-electron chi connectivity index (χ2n) is 5.31. The first-order valence-corrected chi connectivity index (χ1v) is 10.5. The number of allylic oxidation sites excluding steroid dienone is 4. The summed E-state index contributed by atoms with van der Waals surface area (Å²) in [5.41, 5.74) is 2.30. The van der Waals surface area contributed by atoms with Crippen LogP contribution in [0.15, 0.2) is 23.3 Å². The van der Waals surface area contributed by atoms with Crippen LogP contribution in [0, 0.1) is 0 Å². The number of rotatable bonds is 10. The summed E-state index contributed by atoms with van der Waals surface area (Å²) in [6.45, 7) is 8.14. The number of hydrogen-bond acceptors (Lipinski definition) is 3. The quantitative estimate of drug-likeness (QED) is 0.462. The molecule has 0 radical (unpaired) electrons. The Morgan fingerprint density at radius 1 is 1.29 bits per heavy atom. The molecule has 5 nitrogen and oxygen atoms in total. The standard InChI is InChI=1S/C14H28O5P2/c1-5-19-11-20(15)14(21(16,17)18)10-9-13(4)8-6-7-12(2)3/h7,9,14,20H,5-6,8,10-11H2,1-4H3,(H2,16,17,18)/b13-9+. The van der Waals surface area contributed by atoms with E-state index < -0.39 is 20.8 Å². The highest BCUT2D eigenvalue weighted by Gasteiger charge is 2.33. The molecule has 0 bridgehead atoms. The van der Waals surface area contributed by atoms with Crippen molar-refractivity contribution in [3.63, 3.8) is 0 Å². The van der Waals surface area contributed by atoms with Gasteiger partial charge in [0.15, 0.2) is 0 Å². The van der Waals surface area contributed by atoms with Crippen LogP contribution in [0.5, 0.6) is 0 Å². The van der Waals surface area contributed by atoms with Gasteiger partial charge < -0.3 is 19.1 Å². The highest BCUT2D eigenvalue weighted by Crippen LogP contribution is 2.55. The molecule has 7 heteroatoms. The summed E-state index contributed by atoms with van der Waals surface area (Å²) in [5, 5.41) is -1.12. The monoisotopic (exact) mass is 338 g/mol. The molecular formula is C14H28O5P2. The lowest BCUT2D eigenvalue weighted by Gasteiger charge is -2.17. The van der Waals surface area contributed by atoms with E-state index >= 15 is 0 Å². The first-order chi connectivity index (χ1) is 9.68. The van der Waals surface area contributed by atoms with Gasteiger partial charge in [0.2, 0.25) is 0 Å². The van der Waals surface area contributed by atoms with E-state index in [2.05, 4.69) is 6.08 Å². The van der Waals surface area contributed by atoms with Gasteiger partial charge in [-0.3, -0.25) is 4.57 Å². The number of hydrogen-bond donors (Lipinski definition) is 2. The van der Waals surface area contributed by atoms with Crippen LogP contribution in [0.1, 0.15) is 47.0 Å². The first-order valence-electron chi connectivity index (χ1n) is 7.13. The van der Waals surface area contributed by atoms with Crippen LogP contribution in [-0.2, 0) is 13.9 Å². The normalized spacial score (nSPS) is 15.6. The van der Waals surface area contributed by atoms with E-state index in [0.29, 0.717) is 6.61 Å². The Labute approximate surface area is 128 Å². The van der Waals surface area contributed by atoms with E-state index in [-0.39, 0.29) is 12.8 Å². The van der Waals surface area contributed by atoms with Crippen molar-refractivity contribution in [3.05, 3.63) is 23.3 Å². The van der Waals surface area contributed by atoms with Crippen molar-refractivity contribution >= 4 is 15.4 Å². The van der Waals surface area contributed by atoms with Gasteiger partial charge in [-0.05, 0) is 47.0 Å². The molecule has 0 amide bonds. The molecule has 0 heterocycles. The third kappa shape index (κ3) is 10.2. The Morgan fingerprint density at radius 3 is 2.38 bits per heavy atom. The number of ether oxygens (including phenoxy) is 1. The maximum absolute atomic E-state index is 12.0. The van der Waals surface area contributed by atoms with Crippen molar-refractivity contribution in [1.29, 1.82) is 0 Å². The Morgan fingerprint density at radius 2 is 1.90 bits per heavy atom. The van der Waals surface area contributed by atoms with Gasteiger partial charge in [0.25, 0.3) is 0 Å². The van der Waals surface area contributed by atoms with E-state index in [1.54, 1.807) is 13.0 Å². The van der Waals surface area contributed by atoms with Crippen LogP contribution < -0.4 is 0 Å². The van der Waals surface area contributed by atoms with Crippen molar-refractivity contribution in [2.24, 2.45) is 0 Å². The predicted octanol–water partition coefficient (Wildman–Crippen LogP) is 4.13. The summed E-state index contributed by atoms with van der Waals surface area (Å²) < 4.78 is 28.5. The van der Waals surface area contributed by atoms with E-state index in [1.807, 2.05) is 20.8 Å². The van der Waals surface area contributed by atoms with E-state index in [9.17, 15) is 18.9 Å². The molecule has 0 aliphatic rings. The van der Waals surface area contributed by atoms with E-state index in [1.165, 1.54) is 5.57 Å². The molecule has 124 valence electrons. The van der Waals surface area contributed by atoms with Crippen LogP contribution in [0.3, 0.4) is 0 Å². The third-order valence-corrected chi connectivity index (χ3v) is 7.37. The average Bonchev–Trinajstić information content (AvgIpc) is 2.34. The van der Waals surface area contributed by atoms with Gasteiger partial charge >= 0.3 is 7.60 Å². The molecule has 2 N–H and O–H groups in total. The lowest BCUT2D eigenvalue weighted by molar-refractivity contribution is 0.193. The zero-order valence-electron chi connectivity index (χ0n) is 13.3. The van der Waals surface area contributed by atoms with Crippen molar-refractivity contribution in [2.75, 3.05) is 13.0 Å². The van der Waals surface area contributed by atoms with Crippen LogP contribution in [0.25, 0.3) is 0 Å². The van der Waals surface area contributed by atoms with Gasteiger partial charge in [-0.25, -0.2) is 0 Å². The summed E-state index contributed by atoms with van der Waals surface area (Å²) >= 11 is 0. The fourth-order valence-electron chi connectivity index (χ4n) is 1.76. The molecule has 0 aromatic carbocycles. The SMILES string of the molecule is CCOC[PH](=O)C(C/C=C(\C)CCC=C(C)C)P(=O)(O)O. The van der Waals surface area contributed by atoms with Gasteiger partial charge in [0.1, 0.15) is 13.2 Å². The van der Waals surface area contributed by atoms with Gasteiger partial charge in [0.05, 0.1) is 6.35 Å². The highest BCUT2D eigenvalue weighted by atomic mass is 31.2. The molecule has 0 saturated heterocycles.